The minimum atomic E-state index is -0.685. The third-order valence-electron chi connectivity index (χ3n) is 3.66. The van der Waals surface area contributed by atoms with Crippen LogP contribution in [0, 0.1) is 13.8 Å². The smallest absolute Gasteiger partial charge is 0.223 e. The summed E-state index contributed by atoms with van der Waals surface area (Å²) in [5, 5.41) is 13.9. The zero-order valence-corrected chi connectivity index (χ0v) is 11.5. The van der Waals surface area contributed by atoms with E-state index in [1.54, 1.807) is 11.8 Å². The van der Waals surface area contributed by atoms with Crippen LogP contribution in [-0.4, -0.2) is 44.4 Å². The maximum atomic E-state index is 11.9. The molecule has 0 spiro atoms. The SMILES string of the molecule is Cc1nn(C)c(C)c1CCC(=O)N1CC(C)(O)C1. The van der Waals surface area contributed by atoms with Crippen molar-refractivity contribution in [2.24, 2.45) is 7.05 Å². The molecule has 1 N–H and O–H groups in total. The van der Waals surface area contributed by atoms with E-state index in [4.69, 9.17) is 0 Å². The molecule has 0 unspecified atom stereocenters. The van der Waals surface area contributed by atoms with E-state index >= 15 is 0 Å². The van der Waals surface area contributed by atoms with E-state index < -0.39 is 5.60 Å². The monoisotopic (exact) mass is 251 g/mol. The van der Waals surface area contributed by atoms with E-state index in [0.717, 1.165) is 23.4 Å². The minimum Gasteiger partial charge on any atom is -0.386 e. The predicted molar refractivity (Wildman–Crippen MR) is 68.2 cm³/mol. The predicted octanol–water partition coefficient (Wildman–Crippen LogP) is 0.563. The molecule has 0 aromatic carbocycles. The Morgan fingerprint density at radius 1 is 1.44 bits per heavy atom. The number of carbonyl (C=O) groups excluding carboxylic acids is 1. The lowest BCUT2D eigenvalue weighted by molar-refractivity contribution is -0.152. The van der Waals surface area contributed by atoms with Crippen LogP contribution in [0.25, 0.3) is 0 Å². The summed E-state index contributed by atoms with van der Waals surface area (Å²) < 4.78 is 1.85. The van der Waals surface area contributed by atoms with Gasteiger partial charge >= 0.3 is 0 Å². The van der Waals surface area contributed by atoms with Gasteiger partial charge in [-0.05, 0) is 32.8 Å². The fourth-order valence-electron chi connectivity index (χ4n) is 2.52. The van der Waals surface area contributed by atoms with Crippen LogP contribution in [0.3, 0.4) is 0 Å². The van der Waals surface area contributed by atoms with Crippen molar-refractivity contribution in [1.82, 2.24) is 14.7 Å². The van der Waals surface area contributed by atoms with E-state index in [1.807, 2.05) is 25.6 Å². The summed E-state index contributed by atoms with van der Waals surface area (Å²) in [5.41, 5.74) is 2.60. The second-order valence-electron chi connectivity index (χ2n) is 5.52. The number of likely N-dealkylation sites (tertiary alicyclic amines) is 1. The summed E-state index contributed by atoms with van der Waals surface area (Å²) in [7, 11) is 1.92. The molecule has 0 saturated carbocycles. The summed E-state index contributed by atoms with van der Waals surface area (Å²) in [4.78, 5) is 13.6. The molecule has 1 amide bonds. The van der Waals surface area contributed by atoms with Crippen molar-refractivity contribution in [2.45, 2.75) is 39.2 Å². The van der Waals surface area contributed by atoms with Gasteiger partial charge in [-0.15, -0.1) is 0 Å². The second kappa shape index (κ2) is 4.39. The van der Waals surface area contributed by atoms with Crippen LogP contribution in [0.2, 0.25) is 0 Å². The Hall–Kier alpha value is -1.36. The zero-order valence-electron chi connectivity index (χ0n) is 11.5. The summed E-state index contributed by atoms with van der Waals surface area (Å²) in [6, 6.07) is 0. The third kappa shape index (κ3) is 2.41. The van der Waals surface area contributed by atoms with Crippen LogP contribution in [0.5, 0.6) is 0 Å². The van der Waals surface area contributed by atoms with Gasteiger partial charge in [-0.2, -0.15) is 5.10 Å². The Morgan fingerprint density at radius 3 is 2.50 bits per heavy atom. The van der Waals surface area contributed by atoms with Gasteiger partial charge in [0.25, 0.3) is 0 Å². The molecule has 1 aromatic rings. The first-order valence-corrected chi connectivity index (χ1v) is 6.29. The van der Waals surface area contributed by atoms with Crippen molar-refractivity contribution in [3.05, 3.63) is 17.0 Å². The Balaban J connectivity index is 1.90. The molecule has 2 heterocycles. The molecule has 1 aliphatic rings. The first-order valence-electron chi connectivity index (χ1n) is 6.29. The molecule has 2 rings (SSSR count). The van der Waals surface area contributed by atoms with Gasteiger partial charge < -0.3 is 10.0 Å². The number of nitrogens with zero attached hydrogens (tertiary/aromatic N) is 3. The molecule has 5 heteroatoms. The van der Waals surface area contributed by atoms with Crippen molar-refractivity contribution >= 4 is 5.91 Å². The molecule has 1 aliphatic heterocycles. The highest BCUT2D eigenvalue weighted by Crippen LogP contribution is 2.21. The fraction of sp³-hybridized carbons (Fsp3) is 0.692. The van der Waals surface area contributed by atoms with Crippen LogP contribution in [0.4, 0.5) is 0 Å². The van der Waals surface area contributed by atoms with Crippen molar-refractivity contribution in [2.75, 3.05) is 13.1 Å². The van der Waals surface area contributed by atoms with Gasteiger partial charge in [0.1, 0.15) is 0 Å². The van der Waals surface area contributed by atoms with Crippen LogP contribution < -0.4 is 0 Å². The lowest BCUT2D eigenvalue weighted by Gasteiger charge is -2.44. The lowest BCUT2D eigenvalue weighted by atomic mass is 9.96. The number of aliphatic hydroxyl groups is 1. The van der Waals surface area contributed by atoms with E-state index in [9.17, 15) is 9.90 Å². The summed E-state index contributed by atoms with van der Waals surface area (Å²) >= 11 is 0. The number of carbonyl (C=O) groups is 1. The quantitative estimate of drug-likeness (QED) is 0.854. The Bertz CT molecular complexity index is 469. The molecule has 1 aromatic heterocycles. The molecule has 1 saturated heterocycles. The third-order valence-corrected chi connectivity index (χ3v) is 3.66. The summed E-state index contributed by atoms with van der Waals surface area (Å²) in [6.45, 7) is 6.66. The standard InChI is InChI=1S/C13H21N3O2/c1-9-11(10(2)15(4)14-9)5-6-12(17)16-7-13(3,18)8-16/h18H,5-8H2,1-4H3. The molecule has 100 valence electrons. The van der Waals surface area contributed by atoms with Gasteiger partial charge in [-0.3, -0.25) is 9.48 Å². The van der Waals surface area contributed by atoms with Gasteiger partial charge in [0.2, 0.25) is 5.91 Å². The van der Waals surface area contributed by atoms with Gasteiger partial charge in [-0.25, -0.2) is 0 Å². The van der Waals surface area contributed by atoms with Crippen LogP contribution >= 0.6 is 0 Å². The Morgan fingerprint density at radius 2 is 2.06 bits per heavy atom. The van der Waals surface area contributed by atoms with E-state index in [1.165, 1.54) is 0 Å². The minimum absolute atomic E-state index is 0.115. The number of hydrogen-bond acceptors (Lipinski definition) is 3. The maximum Gasteiger partial charge on any atom is 0.223 e. The van der Waals surface area contributed by atoms with Crippen molar-refractivity contribution in [3.63, 3.8) is 0 Å². The summed E-state index contributed by atoms with van der Waals surface area (Å²) in [6.07, 6.45) is 1.21. The highest BCUT2D eigenvalue weighted by molar-refractivity contribution is 5.77. The van der Waals surface area contributed by atoms with E-state index in [0.29, 0.717) is 19.5 Å². The van der Waals surface area contributed by atoms with Gasteiger partial charge in [0.15, 0.2) is 0 Å². The normalized spacial score (nSPS) is 17.7. The largest absolute Gasteiger partial charge is 0.386 e. The number of amides is 1. The molecule has 0 atom stereocenters. The molecular weight excluding hydrogens is 230 g/mol. The van der Waals surface area contributed by atoms with Gasteiger partial charge in [-0.1, -0.05) is 0 Å². The number of β-amino-alcohol motifs (C(OH)–C–C–N with tert-alkyl or cyclic N) is 1. The van der Waals surface area contributed by atoms with Gasteiger partial charge in [0.05, 0.1) is 24.4 Å². The first-order chi connectivity index (χ1) is 8.30. The highest BCUT2D eigenvalue weighted by Gasteiger charge is 2.38. The van der Waals surface area contributed by atoms with Crippen LogP contribution in [0.1, 0.15) is 30.3 Å². The number of aromatic nitrogens is 2. The average molecular weight is 251 g/mol. The Labute approximate surface area is 107 Å². The van der Waals surface area contributed by atoms with E-state index in [-0.39, 0.29) is 5.91 Å². The van der Waals surface area contributed by atoms with Crippen LogP contribution in [-0.2, 0) is 18.3 Å². The zero-order chi connectivity index (χ0) is 13.5. The second-order valence-corrected chi connectivity index (χ2v) is 5.52. The molecule has 18 heavy (non-hydrogen) atoms. The molecule has 0 bridgehead atoms. The molecule has 0 radical (unpaired) electrons. The average Bonchev–Trinajstić information content (AvgIpc) is 2.47. The van der Waals surface area contributed by atoms with Crippen molar-refractivity contribution in [3.8, 4) is 0 Å². The number of rotatable bonds is 3. The number of aryl methyl sites for hydroxylation is 2. The van der Waals surface area contributed by atoms with Crippen LogP contribution in [0.15, 0.2) is 0 Å². The van der Waals surface area contributed by atoms with Gasteiger partial charge in [0, 0.05) is 19.2 Å². The van der Waals surface area contributed by atoms with Crippen molar-refractivity contribution < 1.29 is 9.90 Å². The first kappa shape index (κ1) is 13.1. The number of hydrogen-bond donors (Lipinski definition) is 1. The topological polar surface area (TPSA) is 58.4 Å². The maximum absolute atomic E-state index is 11.9. The van der Waals surface area contributed by atoms with E-state index in [2.05, 4.69) is 5.10 Å². The molecule has 0 aliphatic carbocycles. The molecular formula is C13H21N3O2. The van der Waals surface area contributed by atoms with Crippen molar-refractivity contribution in [1.29, 1.82) is 0 Å². The highest BCUT2D eigenvalue weighted by atomic mass is 16.3. The fourth-order valence-corrected chi connectivity index (χ4v) is 2.52. The summed E-state index contributed by atoms with van der Waals surface area (Å²) in [5.74, 6) is 0.115. The molecule has 1 fully saturated rings. The lowest BCUT2D eigenvalue weighted by Crippen LogP contribution is -2.61. The molecule has 5 nitrogen and oxygen atoms in total. The Kier molecular flexibility index (Phi) is 3.19.